The predicted molar refractivity (Wildman–Crippen MR) is 94.7 cm³/mol. The highest BCUT2D eigenvalue weighted by molar-refractivity contribution is 7.88. The number of hydrogen-bond acceptors (Lipinski definition) is 5. The number of carbonyl (C=O) groups excluding carboxylic acids is 1. The van der Waals surface area contributed by atoms with Gasteiger partial charge in [0.15, 0.2) is 0 Å². The highest BCUT2D eigenvalue weighted by Crippen LogP contribution is 2.41. The van der Waals surface area contributed by atoms with E-state index < -0.39 is 10.0 Å². The summed E-state index contributed by atoms with van der Waals surface area (Å²) in [6.07, 6.45) is 1.16. The van der Waals surface area contributed by atoms with Crippen molar-refractivity contribution in [2.75, 3.05) is 39.7 Å². The lowest BCUT2D eigenvalue weighted by Crippen LogP contribution is -2.69. The SMILES string of the molecule is CCN(C[C@H]1[C@@H](c2ccccc2)[C@H](CO)N1C(=O)COC)S(C)(=O)=O. The van der Waals surface area contributed by atoms with Crippen molar-refractivity contribution in [3.8, 4) is 0 Å². The summed E-state index contributed by atoms with van der Waals surface area (Å²) in [6.45, 7) is 2.01. The number of ether oxygens (including phenoxy) is 1. The van der Waals surface area contributed by atoms with Gasteiger partial charge < -0.3 is 14.7 Å². The van der Waals surface area contributed by atoms with Crippen LogP contribution in [0.15, 0.2) is 30.3 Å². The Kier molecular flexibility index (Phi) is 6.56. The number of rotatable bonds is 8. The van der Waals surface area contributed by atoms with Crippen LogP contribution in [0.25, 0.3) is 0 Å². The first kappa shape index (κ1) is 19.8. The summed E-state index contributed by atoms with van der Waals surface area (Å²) in [5, 5.41) is 9.81. The summed E-state index contributed by atoms with van der Waals surface area (Å²) in [6, 6.07) is 8.85. The van der Waals surface area contributed by atoms with E-state index in [1.165, 1.54) is 11.4 Å². The smallest absolute Gasteiger partial charge is 0.249 e. The molecule has 1 N–H and O–H groups in total. The summed E-state index contributed by atoms with van der Waals surface area (Å²) >= 11 is 0. The lowest BCUT2D eigenvalue weighted by Gasteiger charge is -2.55. The Balaban J connectivity index is 2.34. The molecule has 0 spiro atoms. The van der Waals surface area contributed by atoms with Crippen LogP contribution < -0.4 is 0 Å². The second kappa shape index (κ2) is 8.27. The van der Waals surface area contributed by atoms with Crippen molar-refractivity contribution in [1.29, 1.82) is 0 Å². The zero-order valence-corrected chi connectivity index (χ0v) is 15.6. The van der Waals surface area contributed by atoms with Gasteiger partial charge in [-0.2, -0.15) is 0 Å². The fraction of sp³-hybridized carbons (Fsp3) is 0.588. The maximum Gasteiger partial charge on any atom is 0.249 e. The number of hydrogen-bond donors (Lipinski definition) is 1. The van der Waals surface area contributed by atoms with E-state index in [1.54, 1.807) is 11.8 Å². The van der Waals surface area contributed by atoms with E-state index in [0.29, 0.717) is 6.54 Å². The summed E-state index contributed by atoms with van der Waals surface area (Å²) in [4.78, 5) is 14.0. The fourth-order valence-corrected chi connectivity index (χ4v) is 4.44. The van der Waals surface area contributed by atoms with Crippen LogP contribution in [0.4, 0.5) is 0 Å². The van der Waals surface area contributed by atoms with Gasteiger partial charge in [0.05, 0.1) is 24.9 Å². The van der Waals surface area contributed by atoms with Crippen molar-refractivity contribution < 1.29 is 23.1 Å². The van der Waals surface area contributed by atoms with Crippen LogP contribution in [0.5, 0.6) is 0 Å². The molecule has 0 aromatic heterocycles. The first-order valence-electron chi connectivity index (χ1n) is 8.26. The van der Waals surface area contributed by atoms with Crippen molar-refractivity contribution in [1.82, 2.24) is 9.21 Å². The van der Waals surface area contributed by atoms with E-state index in [9.17, 15) is 18.3 Å². The third kappa shape index (κ3) is 4.20. The van der Waals surface area contributed by atoms with Gasteiger partial charge in [0.25, 0.3) is 0 Å². The number of likely N-dealkylation sites (N-methyl/N-ethyl adjacent to an activating group) is 1. The van der Waals surface area contributed by atoms with Gasteiger partial charge >= 0.3 is 0 Å². The van der Waals surface area contributed by atoms with Crippen LogP contribution in [-0.4, -0.2) is 80.4 Å². The van der Waals surface area contributed by atoms with E-state index in [1.807, 2.05) is 30.3 Å². The lowest BCUT2D eigenvalue weighted by molar-refractivity contribution is -0.155. The van der Waals surface area contributed by atoms with Crippen LogP contribution in [0, 0.1) is 0 Å². The molecule has 1 aromatic rings. The highest BCUT2D eigenvalue weighted by Gasteiger charge is 2.51. The average Bonchev–Trinajstić information content (AvgIpc) is 2.54. The van der Waals surface area contributed by atoms with Crippen molar-refractivity contribution >= 4 is 15.9 Å². The summed E-state index contributed by atoms with van der Waals surface area (Å²) in [5.74, 6) is -0.369. The van der Waals surface area contributed by atoms with E-state index in [2.05, 4.69) is 0 Å². The monoisotopic (exact) mass is 370 g/mol. The van der Waals surface area contributed by atoms with Crippen LogP contribution in [0.1, 0.15) is 18.4 Å². The zero-order valence-electron chi connectivity index (χ0n) is 14.8. The Bertz CT molecular complexity index is 680. The minimum absolute atomic E-state index is 0.0977. The minimum atomic E-state index is -3.38. The van der Waals surface area contributed by atoms with Crippen molar-refractivity contribution in [2.24, 2.45) is 0 Å². The molecule has 0 bridgehead atoms. The molecule has 1 fully saturated rings. The first-order chi connectivity index (χ1) is 11.8. The largest absolute Gasteiger partial charge is 0.394 e. The van der Waals surface area contributed by atoms with Crippen LogP contribution in [-0.2, 0) is 19.6 Å². The predicted octanol–water partition coefficient (Wildman–Crippen LogP) is 0.270. The Labute approximate surface area is 149 Å². The van der Waals surface area contributed by atoms with Gasteiger partial charge in [0, 0.05) is 26.1 Å². The molecule has 1 saturated heterocycles. The van der Waals surface area contributed by atoms with Gasteiger partial charge in [-0.3, -0.25) is 4.79 Å². The van der Waals surface area contributed by atoms with Crippen molar-refractivity contribution in [2.45, 2.75) is 24.9 Å². The van der Waals surface area contributed by atoms with E-state index in [0.717, 1.165) is 11.8 Å². The van der Waals surface area contributed by atoms with Crippen molar-refractivity contribution in [3.05, 3.63) is 35.9 Å². The number of amides is 1. The summed E-state index contributed by atoms with van der Waals surface area (Å²) in [5.41, 5.74) is 0.984. The molecular formula is C17H26N2O5S. The second-order valence-electron chi connectivity index (χ2n) is 6.20. The van der Waals surface area contributed by atoms with Gasteiger partial charge in [-0.25, -0.2) is 12.7 Å². The van der Waals surface area contributed by atoms with Gasteiger partial charge in [-0.1, -0.05) is 37.3 Å². The van der Waals surface area contributed by atoms with Gasteiger partial charge in [-0.15, -0.1) is 0 Å². The van der Waals surface area contributed by atoms with Gasteiger partial charge in [0.2, 0.25) is 15.9 Å². The third-order valence-electron chi connectivity index (χ3n) is 4.68. The average molecular weight is 370 g/mol. The minimum Gasteiger partial charge on any atom is -0.394 e. The molecule has 1 aliphatic heterocycles. The van der Waals surface area contributed by atoms with E-state index >= 15 is 0 Å². The fourth-order valence-electron chi connectivity index (χ4n) is 3.55. The first-order valence-corrected chi connectivity index (χ1v) is 10.1. The van der Waals surface area contributed by atoms with E-state index in [-0.39, 0.29) is 43.7 Å². The number of aliphatic hydroxyl groups excluding tert-OH is 1. The number of nitrogens with zero attached hydrogens (tertiary/aromatic N) is 2. The van der Waals surface area contributed by atoms with Gasteiger partial charge in [-0.05, 0) is 5.56 Å². The zero-order chi connectivity index (χ0) is 18.6. The molecule has 0 unspecified atom stereocenters. The lowest BCUT2D eigenvalue weighted by atomic mass is 9.75. The van der Waals surface area contributed by atoms with E-state index in [4.69, 9.17) is 4.74 Å². The molecular weight excluding hydrogens is 344 g/mol. The maximum absolute atomic E-state index is 12.4. The molecule has 2 rings (SSSR count). The normalized spacial score (nSPS) is 23.6. The molecule has 1 aromatic carbocycles. The maximum atomic E-state index is 12.4. The molecule has 3 atom stereocenters. The molecule has 1 amide bonds. The molecule has 0 radical (unpaired) electrons. The molecule has 1 heterocycles. The van der Waals surface area contributed by atoms with Gasteiger partial charge in [0.1, 0.15) is 6.61 Å². The highest BCUT2D eigenvalue weighted by atomic mass is 32.2. The number of carbonyl (C=O) groups is 1. The van der Waals surface area contributed by atoms with Crippen molar-refractivity contribution in [3.63, 3.8) is 0 Å². The molecule has 140 valence electrons. The van der Waals surface area contributed by atoms with Crippen LogP contribution >= 0.6 is 0 Å². The number of methoxy groups -OCH3 is 1. The molecule has 0 saturated carbocycles. The Hall–Kier alpha value is -1.48. The summed E-state index contributed by atoms with van der Waals surface area (Å²) in [7, 11) is -1.94. The Morgan fingerprint density at radius 3 is 2.40 bits per heavy atom. The second-order valence-corrected chi connectivity index (χ2v) is 8.18. The molecule has 7 nitrogen and oxygen atoms in total. The molecule has 1 aliphatic rings. The molecule has 25 heavy (non-hydrogen) atoms. The van der Waals surface area contributed by atoms with Crippen LogP contribution in [0.3, 0.4) is 0 Å². The standard InChI is InChI=1S/C17H26N2O5S/c1-4-18(25(3,22)23)10-14-17(13-8-6-5-7-9-13)15(11-20)19(14)16(21)12-24-2/h5-9,14-15,17,20H,4,10-12H2,1-3H3/t14-,15-,17+/m0/s1. The number of likely N-dealkylation sites (tertiary alicyclic amines) is 1. The molecule has 0 aliphatic carbocycles. The Morgan fingerprint density at radius 2 is 1.92 bits per heavy atom. The third-order valence-corrected chi connectivity index (χ3v) is 6.03. The number of benzene rings is 1. The topological polar surface area (TPSA) is 87.2 Å². The number of aliphatic hydroxyl groups is 1. The quantitative estimate of drug-likeness (QED) is 0.710. The molecule has 8 heteroatoms. The summed E-state index contributed by atoms with van der Waals surface area (Å²) < 4.78 is 30.3. The Morgan fingerprint density at radius 1 is 1.28 bits per heavy atom. The number of sulfonamides is 1. The van der Waals surface area contributed by atoms with Crippen LogP contribution in [0.2, 0.25) is 0 Å².